The number of nitrogens with one attached hydrogen (secondary N) is 1. The van der Waals surface area contributed by atoms with Crippen LogP contribution >= 0.6 is 0 Å². The number of piperidine rings is 1. The molecule has 7 nitrogen and oxygen atoms in total. The number of carbonyl (C=O) groups is 2. The molecule has 1 N–H and O–H groups in total. The normalized spacial score (nSPS) is 23.0. The molecule has 148 valence electrons. The van der Waals surface area contributed by atoms with Crippen molar-refractivity contribution in [2.75, 3.05) is 26.7 Å². The molecule has 1 saturated heterocycles. The molecule has 2 amide bonds. The third kappa shape index (κ3) is 2.96. The minimum Gasteiger partial charge on any atom is -0.372 e. The minimum absolute atomic E-state index is 0.0600. The van der Waals surface area contributed by atoms with Gasteiger partial charge in [0.25, 0.3) is 5.91 Å². The number of H-pyrrole nitrogens is 1. The van der Waals surface area contributed by atoms with Crippen molar-refractivity contribution in [3.63, 3.8) is 0 Å². The van der Waals surface area contributed by atoms with Crippen LogP contribution in [-0.2, 0) is 26.3 Å². The fraction of sp³-hybridized carbons (Fsp3) is 0.750. The van der Waals surface area contributed by atoms with Gasteiger partial charge in [-0.25, -0.2) is 4.98 Å². The minimum atomic E-state index is -0.376. The zero-order valence-corrected chi connectivity index (χ0v) is 16.4. The summed E-state index contributed by atoms with van der Waals surface area (Å²) in [6, 6.07) is 0. The van der Waals surface area contributed by atoms with E-state index in [2.05, 4.69) is 14.9 Å². The summed E-state index contributed by atoms with van der Waals surface area (Å²) in [6.45, 7) is 3.99. The number of nitrogens with zero attached hydrogens (tertiary/aromatic N) is 3. The maximum Gasteiger partial charge on any atom is 0.251 e. The highest BCUT2D eigenvalue weighted by Crippen LogP contribution is 2.44. The van der Waals surface area contributed by atoms with Gasteiger partial charge in [0.15, 0.2) is 0 Å². The Kier molecular flexibility index (Phi) is 4.97. The lowest BCUT2D eigenvalue weighted by Gasteiger charge is -2.52. The van der Waals surface area contributed by atoms with Gasteiger partial charge in [0, 0.05) is 44.8 Å². The second-order valence-corrected chi connectivity index (χ2v) is 8.09. The van der Waals surface area contributed by atoms with E-state index < -0.39 is 0 Å². The van der Waals surface area contributed by atoms with Crippen molar-refractivity contribution in [1.82, 2.24) is 19.8 Å². The fourth-order valence-electron chi connectivity index (χ4n) is 4.92. The molecular weight excluding hydrogens is 344 g/mol. The van der Waals surface area contributed by atoms with E-state index >= 15 is 0 Å². The average molecular weight is 374 g/mol. The predicted octanol–water partition coefficient (Wildman–Crippen LogP) is 1.84. The zero-order valence-electron chi connectivity index (χ0n) is 16.4. The molecule has 1 aliphatic carbocycles. The van der Waals surface area contributed by atoms with Crippen LogP contribution in [0.5, 0.6) is 0 Å². The van der Waals surface area contributed by atoms with Crippen molar-refractivity contribution in [3.05, 3.63) is 17.7 Å². The number of likely N-dealkylation sites (tertiary alicyclic amines) is 1. The van der Waals surface area contributed by atoms with Crippen LogP contribution in [0.3, 0.4) is 0 Å². The second-order valence-electron chi connectivity index (χ2n) is 8.09. The number of imidazole rings is 1. The molecule has 2 aliphatic heterocycles. The Balaban J connectivity index is 1.57. The second kappa shape index (κ2) is 7.26. The van der Waals surface area contributed by atoms with E-state index in [1.807, 2.05) is 11.8 Å². The van der Waals surface area contributed by atoms with E-state index in [-0.39, 0.29) is 29.4 Å². The summed E-state index contributed by atoms with van der Waals surface area (Å²) in [6.07, 6.45) is 7.54. The van der Waals surface area contributed by atoms with Crippen molar-refractivity contribution in [1.29, 1.82) is 0 Å². The van der Waals surface area contributed by atoms with Gasteiger partial charge in [-0.3, -0.25) is 9.59 Å². The first-order valence-corrected chi connectivity index (χ1v) is 10.3. The van der Waals surface area contributed by atoms with Gasteiger partial charge in [-0.05, 0) is 32.1 Å². The maximum atomic E-state index is 13.2. The van der Waals surface area contributed by atoms with Crippen LogP contribution in [0.15, 0.2) is 6.33 Å². The molecule has 3 heterocycles. The number of ether oxygens (including phenoxy) is 1. The van der Waals surface area contributed by atoms with Gasteiger partial charge in [0.2, 0.25) is 5.91 Å². The van der Waals surface area contributed by atoms with E-state index in [4.69, 9.17) is 4.74 Å². The molecule has 1 saturated carbocycles. The Morgan fingerprint density at radius 2 is 2.07 bits per heavy atom. The number of aromatic amines is 1. The predicted molar refractivity (Wildman–Crippen MR) is 99.9 cm³/mol. The van der Waals surface area contributed by atoms with E-state index in [0.717, 1.165) is 56.5 Å². The molecule has 0 radical (unpaired) electrons. The highest BCUT2D eigenvalue weighted by atomic mass is 16.5. The van der Waals surface area contributed by atoms with Crippen molar-refractivity contribution in [2.45, 2.75) is 63.5 Å². The van der Waals surface area contributed by atoms with E-state index in [9.17, 15) is 9.59 Å². The van der Waals surface area contributed by atoms with E-state index in [1.165, 1.54) is 0 Å². The number of aromatic nitrogens is 2. The fourth-order valence-corrected chi connectivity index (χ4v) is 4.92. The number of methoxy groups -OCH3 is 1. The van der Waals surface area contributed by atoms with Crippen LogP contribution in [0.25, 0.3) is 0 Å². The Morgan fingerprint density at radius 3 is 2.67 bits per heavy atom. The number of amides is 2. The standard InChI is InChI=1S/C20H30N4O3/c1-3-16(27-2)19(26)23-11-8-20(9-12-23)17-15(21-13-22-17)7-10-24(20)18(25)14-5-4-6-14/h13-14,16H,3-12H2,1-2H3,(H,21,22)/t16-/m1/s1. The van der Waals surface area contributed by atoms with Crippen LogP contribution in [0.1, 0.15) is 56.8 Å². The SMILES string of the molecule is CC[C@@H](OC)C(=O)N1CCC2(CC1)c1nc[nH]c1CCN2C(=O)C1CCC1. The molecule has 3 aliphatic rings. The van der Waals surface area contributed by atoms with E-state index in [0.29, 0.717) is 19.5 Å². The maximum absolute atomic E-state index is 13.2. The molecule has 1 atom stereocenters. The Bertz CT molecular complexity index is 700. The lowest BCUT2D eigenvalue weighted by atomic mass is 9.76. The van der Waals surface area contributed by atoms with Crippen LogP contribution in [-0.4, -0.2) is 64.4 Å². The Hall–Kier alpha value is -1.89. The smallest absolute Gasteiger partial charge is 0.251 e. The summed E-state index contributed by atoms with van der Waals surface area (Å²) in [5, 5.41) is 0. The summed E-state index contributed by atoms with van der Waals surface area (Å²) in [5.41, 5.74) is 1.80. The third-order valence-electron chi connectivity index (χ3n) is 6.81. The molecule has 1 aromatic rings. The Morgan fingerprint density at radius 1 is 1.33 bits per heavy atom. The summed E-state index contributed by atoms with van der Waals surface area (Å²) in [5.74, 6) is 0.530. The largest absolute Gasteiger partial charge is 0.372 e. The Labute approximate surface area is 160 Å². The van der Waals surface area contributed by atoms with Crippen molar-refractivity contribution >= 4 is 11.8 Å². The van der Waals surface area contributed by atoms with Crippen LogP contribution in [0.4, 0.5) is 0 Å². The van der Waals surface area contributed by atoms with Crippen molar-refractivity contribution in [2.24, 2.45) is 5.92 Å². The molecule has 1 spiro atoms. The monoisotopic (exact) mass is 374 g/mol. The summed E-state index contributed by atoms with van der Waals surface area (Å²) in [4.78, 5) is 37.8. The van der Waals surface area contributed by atoms with Gasteiger partial charge in [-0.1, -0.05) is 13.3 Å². The molecule has 1 aromatic heterocycles. The average Bonchev–Trinajstić information content (AvgIpc) is 3.12. The summed E-state index contributed by atoms with van der Waals surface area (Å²) < 4.78 is 5.34. The molecule has 27 heavy (non-hydrogen) atoms. The van der Waals surface area contributed by atoms with Gasteiger partial charge in [-0.2, -0.15) is 0 Å². The van der Waals surface area contributed by atoms with Gasteiger partial charge in [0.1, 0.15) is 6.10 Å². The van der Waals surface area contributed by atoms with Gasteiger partial charge < -0.3 is 19.5 Å². The zero-order chi connectivity index (χ0) is 19.0. The number of hydrogen-bond acceptors (Lipinski definition) is 4. The molecule has 7 heteroatoms. The first-order valence-electron chi connectivity index (χ1n) is 10.3. The topological polar surface area (TPSA) is 78.5 Å². The molecule has 4 rings (SSSR count). The molecular formula is C20H30N4O3. The van der Waals surface area contributed by atoms with E-state index in [1.54, 1.807) is 13.4 Å². The summed E-state index contributed by atoms with van der Waals surface area (Å²) >= 11 is 0. The lowest BCUT2D eigenvalue weighted by Crippen LogP contribution is -2.61. The summed E-state index contributed by atoms with van der Waals surface area (Å²) in [7, 11) is 1.59. The molecule has 0 unspecified atom stereocenters. The van der Waals surface area contributed by atoms with Gasteiger partial charge >= 0.3 is 0 Å². The highest BCUT2D eigenvalue weighted by Gasteiger charge is 2.50. The highest BCUT2D eigenvalue weighted by molar-refractivity contribution is 5.82. The molecule has 2 fully saturated rings. The lowest BCUT2D eigenvalue weighted by molar-refractivity contribution is -0.153. The molecule has 0 aromatic carbocycles. The van der Waals surface area contributed by atoms with Gasteiger partial charge in [-0.15, -0.1) is 0 Å². The van der Waals surface area contributed by atoms with Crippen LogP contribution in [0.2, 0.25) is 0 Å². The number of fused-ring (bicyclic) bond motifs is 2. The van der Waals surface area contributed by atoms with Crippen molar-refractivity contribution < 1.29 is 14.3 Å². The molecule has 0 bridgehead atoms. The van der Waals surface area contributed by atoms with Crippen LogP contribution < -0.4 is 0 Å². The first kappa shape index (κ1) is 18.5. The van der Waals surface area contributed by atoms with Crippen LogP contribution in [0, 0.1) is 5.92 Å². The third-order valence-corrected chi connectivity index (χ3v) is 6.81. The van der Waals surface area contributed by atoms with Crippen molar-refractivity contribution in [3.8, 4) is 0 Å². The number of rotatable bonds is 4. The number of carbonyl (C=O) groups excluding carboxylic acids is 2. The first-order chi connectivity index (χ1) is 13.1. The quantitative estimate of drug-likeness (QED) is 0.872. The number of hydrogen-bond donors (Lipinski definition) is 1. The van der Waals surface area contributed by atoms with Gasteiger partial charge in [0.05, 0.1) is 17.6 Å².